The number of terminal acetylenes is 2. The third-order valence-corrected chi connectivity index (χ3v) is 2.48. The fourth-order valence-corrected chi connectivity index (χ4v) is 1.34. The summed E-state index contributed by atoms with van der Waals surface area (Å²) in [5, 5.41) is 0. The molecule has 0 radical (unpaired) electrons. The predicted octanol–water partition coefficient (Wildman–Crippen LogP) is 2.02. The molecule has 4 nitrogen and oxygen atoms in total. The lowest BCUT2D eigenvalue weighted by atomic mass is 9.99. The van der Waals surface area contributed by atoms with Crippen molar-refractivity contribution >= 4 is 11.9 Å². The van der Waals surface area contributed by atoms with Crippen LogP contribution in [-0.2, 0) is 19.1 Å². The van der Waals surface area contributed by atoms with E-state index in [2.05, 4.69) is 21.3 Å². The van der Waals surface area contributed by atoms with Crippen molar-refractivity contribution in [3.8, 4) is 24.7 Å². The number of hydrogen-bond donors (Lipinski definition) is 0. The molecule has 5 heteroatoms. The molecule has 0 saturated carbocycles. The van der Waals surface area contributed by atoms with Gasteiger partial charge in [-0.1, -0.05) is 13.3 Å². The van der Waals surface area contributed by atoms with Crippen molar-refractivity contribution in [1.82, 2.24) is 0 Å². The van der Waals surface area contributed by atoms with Crippen molar-refractivity contribution in [2.45, 2.75) is 44.7 Å². The molecule has 0 aliphatic heterocycles. The number of hydrogen-bond acceptors (Lipinski definition) is 4. The normalized spacial score (nSPS) is 10.2. The predicted molar refractivity (Wildman–Crippen MR) is 72.2 cm³/mol. The van der Waals surface area contributed by atoms with Crippen molar-refractivity contribution in [1.29, 1.82) is 0 Å². The van der Waals surface area contributed by atoms with Crippen LogP contribution in [0.5, 0.6) is 0 Å². The van der Waals surface area contributed by atoms with E-state index in [-0.39, 0.29) is 32.5 Å². The van der Waals surface area contributed by atoms with Gasteiger partial charge in [0.2, 0.25) is 0 Å². The van der Waals surface area contributed by atoms with Crippen LogP contribution in [0.1, 0.15) is 39.0 Å². The van der Waals surface area contributed by atoms with Crippen molar-refractivity contribution < 1.29 is 23.5 Å². The van der Waals surface area contributed by atoms with E-state index in [4.69, 9.17) is 12.8 Å². The topological polar surface area (TPSA) is 52.6 Å². The standard InChI is InChI=1S/C15H19FO4/c1-4-7-10-15(16,13(17)19-11-8-5-2)14(18)20-12-9-6-3/h2-3H,4,7-12H2,1H3. The molecule has 0 amide bonds. The maximum atomic E-state index is 14.6. The zero-order valence-corrected chi connectivity index (χ0v) is 11.6. The molecule has 0 bridgehead atoms. The Bertz CT molecular complexity index is 371. The lowest BCUT2D eigenvalue weighted by Crippen LogP contribution is -2.45. The second-order valence-corrected chi connectivity index (χ2v) is 4.08. The first-order valence-corrected chi connectivity index (χ1v) is 6.43. The van der Waals surface area contributed by atoms with Gasteiger partial charge in [0.1, 0.15) is 13.2 Å². The first kappa shape index (κ1) is 18.0. The van der Waals surface area contributed by atoms with Crippen LogP contribution in [0.4, 0.5) is 4.39 Å². The zero-order chi connectivity index (χ0) is 15.4. The van der Waals surface area contributed by atoms with Crippen LogP contribution in [0.2, 0.25) is 0 Å². The molecule has 0 aromatic carbocycles. The molecule has 0 aliphatic carbocycles. The van der Waals surface area contributed by atoms with Crippen LogP contribution >= 0.6 is 0 Å². The summed E-state index contributed by atoms with van der Waals surface area (Å²) in [7, 11) is 0. The highest BCUT2D eigenvalue weighted by Gasteiger charge is 2.49. The lowest BCUT2D eigenvalue weighted by Gasteiger charge is -2.21. The third-order valence-electron chi connectivity index (χ3n) is 2.48. The van der Waals surface area contributed by atoms with Gasteiger partial charge in [-0.2, -0.15) is 0 Å². The van der Waals surface area contributed by atoms with E-state index in [1.807, 2.05) is 6.92 Å². The second kappa shape index (κ2) is 9.86. The van der Waals surface area contributed by atoms with Gasteiger partial charge in [0, 0.05) is 19.3 Å². The number of unbranched alkanes of at least 4 members (excludes halogenated alkanes) is 1. The van der Waals surface area contributed by atoms with E-state index < -0.39 is 17.6 Å². The van der Waals surface area contributed by atoms with E-state index in [9.17, 15) is 14.0 Å². The maximum absolute atomic E-state index is 14.6. The highest BCUT2D eigenvalue weighted by molar-refractivity contribution is 6.03. The number of carbonyl (C=O) groups excluding carboxylic acids is 2. The molecule has 0 N–H and O–H groups in total. The molecule has 110 valence electrons. The Labute approximate surface area is 119 Å². The molecule has 0 heterocycles. The first-order valence-electron chi connectivity index (χ1n) is 6.43. The number of rotatable bonds is 9. The van der Waals surface area contributed by atoms with E-state index in [1.54, 1.807) is 0 Å². The van der Waals surface area contributed by atoms with Crippen LogP contribution in [0.25, 0.3) is 0 Å². The van der Waals surface area contributed by atoms with Crippen molar-refractivity contribution in [3.05, 3.63) is 0 Å². The molecule has 0 rings (SSSR count). The minimum Gasteiger partial charge on any atom is -0.462 e. The van der Waals surface area contributed by atoms with Crippen LogP contribution < -0.4 is 0 Å². The van der Waals surface area contributed by atoms with Gasteiger partial charge in [0.25, 0.3) is 0 Å². The Morgan fingerprint density at radius 1 is 1.10 bits per heavy atom. The van der Waals surface area contributed by atoms with E-state index >= 15 is 0 Å². The summed E-state index contributed by atoms with van der Waals surface area (Å²) in [6, 6.07) is 0. The van der Waals surface area contributed by atoms with Crippen molar-refractivity contribution in [2.24, 2.45) is 0 Å². The third kappa shape index (κ3) is 5.75. The summed E-state index contributed by atoms with van der Waals surface area (Å²) < 4.78 is 23.9. The largest absolute Gasteiger partial charge is 0.462 e. The van der Waals surface area contributed by atoms with Gasteiger partial charge in [0.15, 0.2) is 0 Å². The second-order valence-electron chi connectivity index (χ2n) is 4.08. The fourth-order valence-electron chi connectivity index (χ4n) is 1.34. The molecule has 20 heavy (non-hydrogen) atoms. The highest BCUT2D eigenvalue weighted by atomic mass is 19.1. The quantitative estimate of drug-likeness (QED) is 0.281. The maximum Gasteiger partial charge on any atom is 0.355 e. The smallest absolute Gasteiger partial charge is 0.355 e. The average Bonchev–Trinajstić information content (AvgIpc) is 2.44. The molecule has 0 atom stereocenters. The number of ether oxygens (including phenoxy) is 2. The first-order chi connectivity index (χ1) is 9.52. The van der Waals surface area contributed by atoms with Gasteiger partial charge >= 0.3 is 17.6 Å². The molecule has 0 aromatic rings. The Morgan fingerprint density at radius 3 is 1.90 bits per heavy atom. The minimum absolute atomic E-state index is 0.134. The summed E-state index contributed by atoms with van der Waals surface area (Å²) in [5.74, 6) is 1.99. The van der Waals surface area contributed by atoms with E-state index in [0.717, 1.165) is 0 Å². The van der Waals surface area contributed by atoms with Gasteiger partial charge in [-0.25, -0.2) is 14.0 Å². The number of halogens is 1. The molecule has 0 aliphatic rings. The van der Waals surface area contributed by atoms with Crippen LogP contribution in [0, 0.1) is 24.7 Å². The summed E-state index contributed by atoms with van der Waals surface area (Å²) >= 11 is 0. The molecule has 0 saturated heterocycles. The summed E-state index contributed by atoms with van der Waals surface area (Å²) in [4.78, 5) is 23.4. The minimum atomic E-state index is -2.79. The number of carbonyl (C=O) groups is 2. The van der Waals surface area contributed by atoms with Gasteiger partial charge in [0.05, 0.1) is 0 Å². The van der Waals surface area contributed by atoms with E-state index in [0.29, 0.717) is 12.8 Å². The number of esters is 2. The highest BCUT2D eigenvalue weighted by Crippen LogP contribution is 2.24. The lowest BCUT2D eigenvalue weighted by molar-refractivity contribution is -0.175. The molecule has 0 unspecified atom stereocenters. The van der Waals surface area contributed by atoms with E-state index in [1.165, 1.54) is 0 Å². The molecule has 0 aromatic heterocycles. The fraction of sp³-hybridized carbons (Fsp3) is 0.600. The Kier molecular flexibility index (Phi) is 8.87. The van der Waals surface area contributed by atoms with Crippen molar-refractivity contribution in [3.63, 3.8) is 0 Å². The Hall–Kier alpha value is -2.01. The SMILES string of the molecule is C#CCCOC(=O)C(F)(CCCC)C(=O)OCCC#C. The molecule has 0 spiro atoms. The van der Waals surface area contributed by atoms with Gasteiger partial charge in [-0.3, -0.25) is 0 Å². The average molecular weight is 282 g/mol. The monoisotopic (exact) mass is 282 g/mol. The summed E-state index contributed by atoms with van der Waals surface area (Å²) in [6.07, 6.45) is 11.0. The van der Waals surface area contributed by atoms with Gasteiger partial charge < -0.3 is 9.47 Å². The zero-order valence-electron chi connectivity index (χ0n) is 11.6. The molecular weight excluding hydrogens is 263 g/mol. The molecular formula is C15H19FO4. The molecule has 0 fully saturated rings. The van der Waals surface area contributed by atoms with Crippen LogP contribution in [0.3, 0.4) is 0 Å². The Morgan fingerprint density at radius 2 is 1.55 bits per heavy atom. The number of alkyl halides is 1. The van der Waals surface area contributed by atoms with Crippen LogP contribution in [0.15, 0.2) is 0 Å². The van der Waals surface area contributed by atoms with Crippen molar-refractivity contribution in [2.75, 3.05) is 13.2 Å². The van der Waals surface area contributed by atoms with Gasteiger partial charge in [-0.15, -0.1) is 24.7 Å². The van der Waals surface area contributed by atoms with Gasteiger partial charge in [-0.05, 0) is 6.42 Å². The van der Waals surface area contributed by atoms with Crippen LogP contribution in [-0.4, -0.2) is 30.8 Å². The summed E-state index contributed by atoms with van der Waals surface area (Å²) in [5.41, 5.74) is -2.79. The summed E-state index contributed by atoms with van der Waals surface area (Å²) in [6.45, 7) is 1.54. The Balaban J connectivity index is 4.71.